The highest BCUT2D eigenvalue weighted by Gasteiger charge is 2.02. The summed E-state index contributed by atoms with van der Waals surface area (Å²) < 4.78 is 1.28. The van der Waals surface area contributed by atoms with Crippen molar-refractivity contribution in [2.45, 2.75) is 20.8 Å². The van der Waals surface area contributed by atoms with E-state index in [9.17, 15) is 0 Å². The van der Waals surface area contributed by atoms with Crippen molar-refractivity contribution in [2.75, 3.05) is 0 Å². The highest BCUT2D eigenvalue weighted by Crippen LogP contribution is 2.17. The van der Waals surface area contributed by atoms with Gasteiger partial charge in [-0.1, -0.05) is 45.1 Å². The molecule has 1 heteroatoms. The van der Waals surface area contributed by atoms with E-state index in [1.165, 1.54) is 9.13 Å². The Balaban J connectivity index is 2.75. The number of hydrogen-bond acceptors (Lipinski definition) is 0. The van der Waals surface area contributed by atoms with Gasteiger partial charge in [-0.2, -0.15) is 0 Å². The second-order valence-corrected chi connectivity index (χ2v) is 5.50. The third-order valence-electron chi connectivity index (χ3n) is 1.65. The molecular weight excluding hydrogens is 271 g/mol. The Morgan fingerprint density at radius 1 is 1.08 bits per heavy atom. The zero-order valence-electron chi connectivity index (χ0n) is 8.34. The molecule has 0 aliphatic rings. The third kappa shape index (κ3) is 4.46. The molecule has 0 amide bonds. The fraction of sp³-hybridized carbons (Fsp3) is 0.333. The Kier molecular flexibility index (Phi) is 3.54. The van der Waals surface area contributed by atoms with Crippen LogP contribution in [0.4, 0.5) is 0 Å². The van der Waals surface area contributed by atoms with Crippen LogP contribution in [-0.2, 0) is 0 Å². The lowest BCUT2D eigenvalue weighted by Crippen LogP contribution is -1.97. The van der Waals surface area contributed by atoms with Gasteiger partial charge in [-0.15, -0.1) is 0 Å². The van der Waals surface area contributed by atoms with Gasteiger partial charge in [-0.3, -0.25) is 0 Å². The van der Waals surface area contributed by atoms with Gasteiger partial charge in [0.05, 0.1) is 0 Å². The first kappa shape index (κ1) is 10.8. The van der Waals surface area contributed by atoms with E-state index in [0.717, 1.165) is 0 Å². The van der Waals surface area contributed by atoms with Gasteiger partial charge in [0.2, 0.25) is 0 Å². The van der Waals surface area contributed by atoms with Gasteiger partial charge >= 0.3 is 0 Å². The average molecular weight is 286 g/mol. The maximum absolute atomic E-state index is 2.32. The molecule has 0 unspecified atom stereocenters. The minimum Gasteiger partial charge on any atom is -0.0785 e. The molecule has 0 fully saturated rings. The molecule has 0 spiro atoms. The van der Waals surface area contributed by atoms with Crippen molar-refractivity contribution < 1.29 is 0 Å². The molecule has 0 bridgehead atoms. The summed E-state index contributed by atoms with van der Waals surface area (Å²) in [4.78, 5) is 0. The highest BCUT2D eigenvalue weighted by molar-refractivity contribution is 14.1. The van der Waals surface area contributed by atoms with E-state index >= 15 is 0 Å². The van der Waals surface area contributed by atoms with Gasteiger partial charge in [0, 0.05) is 3.57 Å². The fourth-order valence-electron chi connectivity index (χ4n) is 0.920. The highest BCUT2D eigenvalue weighted by atomic mass is 127. The topological polar surface area (TPSA) is 0 Å². The van der Waals surface area contributed by atoms with Crippen LogP contribution in [0.15, 0.2) is 30.3 Å². The summed E-state index contributed by atoms with van der Waals surface area (Å²) in [6.07, 6.45) is 4.41. The van der Waals surface area contributed by atoms with E-state index in [4.69, 9.17) is 0 Å². The SMILES string of the molecule is CC(C)(C)/C=C/c1ccc(I)cc1. The normalized spacial score (nSPS) is 12.3. The summed E-state index contributed by atoms with van der Waals surface area (Å²) in [6, 6.07) is 8.54. The predicted octanol–water partition coefficient (Wildman–Crippen LogP) is 4.35. The summed E-state index contributed by atoms with van der Waals surface area (Å²) in [7, 11) is 0. The smallest absolute Gasteiger partial charge is 0.0130 e. The second-order valence-electron chi connectivity index (χ2n) is 4.25. The van der Waals surface area contributed by atoms with Gasteiger partial charge in [0.25, 0.3) is 0 Å². The standard InChI is InChI=1S/C12H15I/c1-12(2,3)9-8-10-4-6-11(13)7-5-10/h4-9H,1-3H3/b9-8+. The van der Waals surface area contributed by atoms with E-state index in [1.54, 1.807) is 0 Å². The maximum Gasteiger partial charge on any atom is 0.0130 e. The Labute approximate surface area is 94.2 Å². The lowest BCUT2D eigenvalue weighted by molar-refractivity contribution is 0.547. The Bertz CT molecular complexity index is 288. The lowest BCUT2D eigenvalue weighted by atomic mass is 9.95. The minimum absolute atomic E-state index is 0.267. The van der Waals surface area contributed by atoms with Crippen LogP contribution in [-0.4, -0.2) is 0 Å². The average Bonchev–Trinajstić information content (AvgIpc) is 2.02. The fourth-order valence-corrected chi connectivity index (χ4v) is 1.28. The molecule has 13 heavy (non-hydrogen) atoms. The lowest BCUT2D eigenvalue weighted by Gasteiger charge is -2.10. The molecule has 0 atom stereocenters. The Morgan fingerprint density at radius 2 is 1.62 bits per heavy atom. The number of rotatable bonds is 1. The van der Waals surface area contributed by atoms with Crippen LogP contribution in [0.1, 0.15) is 26.3 Å². The number of allylic oxidation sites excluding steroid dienone is 1. The molecule has 0 aliphatic heterocycles. The number of halogens is 1. The molecule has 0 N–H and O–H groups in total. The van der Waals surface area contributed by atoms with Crippen LogP contribution in [0.5, 0.6) is 0 Å². The Hall–Kier alpha value is -0.310. The first-order valence-corrected chi connectivity index (χ1v) is 5.50. The van der Waals surface area contributed by atoms with Gasteiger partial charge in [0.1, 0.15) is 0 Å². The molecule has 1 aromatic rings. The van der Waals surface area contributed by atoms with Crippen molar-refractivity contribution in [3.05, 3.63) is 39.5 Å². The molecule has 0 aromatic heterocycles. The molecule has 1 rings (SSSR count). The molecule has 0 saturated heterocycles. The minimum atomic E-state index is 0.267. The quantitative estimate of drug-likeness (QED) is 0.673. The molecule has 0 aliphatic carbocycles. The molecule has 0 saturated carbocycles. The third-order valence-corrected chi connectivity index (χ3v) is 2.36. The second kappa shape index (κ2) is 4.27. The summed E-state index contributed by atoms with van der Waals surface area (Å²) in [5.74, 6) is 0. The van der Waals surface area contributed by atoms with E-state index in [0.29, 0.717) is 0 Å². The summed E-state index contributed by atoms with van der Waals surface area (Å²) in [5, 5.41) is 0. The summed E-state index contributed by atoms with van der Waals surface area (Å²) >= 11 is 2.32. The summed E-state index contributed by atoms with van der Waals surface area (Å²) in [5.41, 5.74) is 1.54. The van der Waals surface area contributed by atoms with Crippen LogP contribution >= 0.6 is 22.6 Å². The van der Waals surface area contributed by atoms with Crippen molar-refractivity contribution in [1.29, 1.82) is 0 Å². The van der Waals surface area contributed by atoms with E-state index < -0.39 is 0 Å². The van der Waals surface area contributed by atoms with Crippen LogP contribution in [0.25, 0.3) is 6.08 Å². The van der Waals surface area contributed by atoms with E-state index in [-0.39, 0.29) is 5.41 Å². The van der Waals surface area contributed by atoms with Gasteiger partial charge in [-0.05, 0) is 45.7 Å². The van der Waals surface area contributed by atoms with Crippen molar-refractivity contribution in [3.63, 3.8) is 0 Å². The van der Waals surface area contributed by atoms with Crippen LogP contribution in [0.3, 0.4) is 0 Å². The molecule has 1 aromatic carbocycles. The van der Waals surface area contributed by atoms with Crippen LogP contribution in [0, 0.1) is 8.99 Å². The van der Waals surface area contributed by atoms with Gasteiger partial charge < -0.3 is 0 Å². The van der Waals surface area contributed by atoms with Crippen molar-refractivity contribution >= 4 is 28.7 Å². The van der Waals surface area contributed by atoms with Crippen molar-refractivity contribution in [2.24, 2.45) is 5.41 Å². The van der Waals surface area contributed by atoms with Crippen molar-refractivity contribution in [3.8, 4) is 0 Å². The molecular formula is C12H15I. The molecule has 0 heterocycles. The Morgan fingerprint density at radius 3 is 2.08 bits per heavy atom. The monoisotopic (exact) mass is 286 g/mol. The van der Waals surface area contributed by atoms with E-state index in [1.807, 2.05) is 0 Å². The van der Waals surface area contributed by atoms with E-state index in [2.05, 4.69) is 79.8 Å². The van der Waals surface area contributed by atoms with Crippen LogP contribution in [0.2, 0.25) is 0 Å². The molecule has 0 nitrogen and oxygen atoms in total. The van der Waals surface area contributed by atoms with Crippen molar-refractivity contribution in [1.82, 2.24) is 0 Å². The van der Waals surface area contributed by atoms with Crippen LogP contribution < -0.4 is 0 Å². The van der Waals surface area contributed by atoms with Gasteiger partial charge in [0.15, 0.2) is 0 Å². The first-order valence-electron chi connectivity index (χ1n) is 4.42. The van der Waals surface area contributed by atoms with Gasteiger partial charge in [-0.25, -0.2) is 0 Å². The molecule has 0 radical (unpaired) electrons. The number of hydrogen-bond donors (Lipinski definition) is 0. The maximum atomic E-state index is 2.32. The first-order chi connectivity index (χ1) is 5.97. The largest absolute Gasteiger partial charge is 0.0785 e. The zero-order chi connectivity index (χ0) is 9.90. The zero-order valence-corrected chi connectivity index (χ0v) is 10.5. The molecule has 70 valence electrons. The summed E-state index contributed by atoms with van der Waals surface area (Å²) in [6.45, 7) is 6.61. The predicted molar refractivity (Wildman–Crippen MR) is 67.6 cm³/mol. The number of benzene rings is 1.